The molecule has 0 aliphatic carbocycles. The molecule has 1 aromatic heterocycles. The predicted molar refractivity (Wildman–Crippen MR) is 212 cm³/mol. The monoisotopic (exact) mass is 793 g/mol. The second kappa shape index (κ2) is 17.7. The van der Waals surface area contributed by atoms with E-state index in [0.29, 0.717) is 17.7 Å². The van der Waals surface area contributed by atoms with Crippen LogP contribution in [0.2, 0.25) is 36.3 Å². The van der Waals surface area contributed by atoms with Gasteiger partial charge in [-0.2, -0.15) is 0 Å². The Hall–Kier alpha value is -3.17. The number of hydrogen-bond donors (Lipinski definition) is 5. The van der Waals surface area contributed by atoms with E-state index in [2.05, 4.69) is 65.3 Å². The summed E-state index contributed by atoms with van der Waals surface area (Å²) >= 11 is 0. The van der Waals surface area contributed by atoms with Crippen molar-refractivity contribution in [3.8, 4) is 5.75 Å². The number of aliphatic carboxylic acids is 1. The van der Waals surface area contributed by atoms with E-state index in [1.165, 1.54) is 16.8 Å². The first-order chi connectivity index (χ1) is 24.8. The normalized spacial score (nSPS) is 21.4. The molecule has 1 unspecified atom stereocenters. The minimum Gasteiger partial charge on any atom is -0.497 e. The van der Waals surface area contributed by atoms with Gasteiger partial charge >= 0.3 is 11.7 Å². The maximum Gasteiger partial charge on any atom is 0.333 e. The molecule has 2 aromatic rings. The average Bonchev–Trinajstić information content (AvgIpc) is 3.39. The lowest BCUT2D eigenvalue weighted by Crippen LogP contribution is -2.59. The lowest BCUT2D eigenvalue weighted by atomic mass is 9.99. The SMILES string of the molecule is COc1ccc(Cn2c(=O)ccn([C@@H]3OC([C@H](O)[C@H](NCCCNC(=O)[C@H](C)N)C(=O)O)[C@@H](O[Si](C)(C)C(C)(C)C)[C@H]3O[Si](C)(C)C(C)(C)C)c2=O)cc1. The largest absolute Gasteiger partial charge is 0.497 e. The Kier molecular flexibility index (Phi) is 14.9. The zero-order chi connectivity index (χ0) is 41.0. The highest BCUT2D eigenvalue weighted by Gasteiger charge is 2.57. The van der Waals surface area contributed by atoms with Crippen molar-refractivity contribution in [3.05, 3.63) is 62.9 Å². The molecule has 1 aliphatic rings. The number of aliphatic hydroxyl groups excluding tert-OH is 1. The van der Waals surface area contributed by atoms with Gasteiger partial charge in [0.25, 0.3) is 5.56 Å². The summed E-state index contributed by atoms with van der Waals surface area (Å²) < 4.78 is 28.3. The maximum atomic E-state index is 14.3. The van der Waals surface area contributed by atoms with E-state index >= 15 is 0 Å². The molecule has 1 fully saturated rings. The number of ether oxygens (including phenoxy) is 2. The van der Waals surface area contributed by atoms with Crippen molar-refractivity contribution >= 4 is 28.5 Å². The Morgan fingerprint density at radius 3 is 2.00 bits per heavy atom. The zero-order valence-corrected chi connectivity index (χ0v) is 36.0. The number of carboxylic acid groups (broad SMARTS) is 1. The van der Waals surface area contributed by atoms with Gasteiger partial charge in [-0.15, -0.1) is 0 Å². The number of rotatable bonds is 17. The zero-order valence-electron chi connectivity index (χ0n) is 34.0. The minimum atomic E-state index is -2.69. The summed E-state index contributed by atoms with van der Waals surface area (Å²) in [7, 11) is -3.82. The van der Waals surface area contributed by atoms with E-state index in [1.54, 1.807) is 38.3 Å². The molecule has 6 N–H and O–H groups in total. The van der Waals surface area contributed by atoms with Crippen LogP contribution in [0.15, 0.2) is 46.1 Å². The third-order valence-electron chi connectivity index (χ3n) is 10.9. The summed E-state index contributed by atoms with van der Waals surface area (Å²) in [6.45, 7) is 22.5. The van der Waals surface area contributed by atoms with Crippen LogP contribution in [0, 0.1) is 0 Å². The van der Waals surface area contributed by atoms with Crippen molar-refractivity contribution in [1.29, 1.82) is 0 Å². The van der Waals surface area contributed by atoms with Crippen LogP contribution in [-0.2, 0) is 29.7 Å². The van der Waals surface area contributed by atoms with Gasteiger partial charge in [0.05, 0.1) is 19.7 Å². The lowest BCUT2D eigenvalue weighted by molar-refractivity contribution is -0.149. The second-order valence-electron chi connectivity index (χ2n) is 17.1. The lowest BCUT2D eigenvalue weighted by Gasteiger charge is -2.44. The van der Waals surface area contributed by atoms with Crippen molar-refractivity contribution in [1.82, 2.24) is 19.8 Å². The second-order valence-corrected chi connectivity index (χ2v) is 26.7. The molecule has 17 heteroatoms. The average molecular weight is 794 g/mol. The molecule has 0 saturated carbocycles. The van der Waals surface area contributed by atoms with Gasteiger partial charge in [-0.1, -0.05) is 53.7 Å². The third-order valence-corrected chi connectivity index (χ3v) is 19.9. The summed E-state index contributed by atoms with van der Waals surface area (Å²) in [5.74, 6) is -1.03. The number of benzene rings is 1. The molecule has 0 radical (unpaired) electrons. The number of nitrogens with one attached hydrogen (secondary N) is 2. The van der Waals surface area contributed by atoms with E-state index in [9.17, 15) is 29.4 Å². The van der Waals surface area contributed by atoms with Crippen molar-refractivity contribution < 1.29 is 38.1 Å². The number of methoxy groups -OCH3 is 1. The number of amides is 1. The summed E-state index contributed by atoms with van der Waals surface area (Å²) in [5, 5.41) is 27.4. The molecule has 7 atom stereocenters. The van der Waals surface area contributed by atoms with Gasteiger partial charge in [0.2, 0.25) is 5.91 Å². The molecule has 3 rings (SSSR count). The Balaban J connectivity index is 2.15. The number of hydrogen-bond acceptors (Lipinski definition) is 11. The standard InChI is InChI=1S/C37H63N5O10Si2/c1-23(38)32(45)40-20-13-19-39-27(34(46)47)28(44)29-30(51-53(9,10)36(2,3)4)31(52-54(11,12)37(5,6)7)33(50-29)41-21-18-26(43)42(35(41)48)22-24-14-16-25(49-8)17-15-24/h14-18,21,23,27-31,33,39,44H,13,19-20,22,38H2,1-12H3,(H,40,45)(H,46,47)/t23-,27-,28+,29?,30+,31+,33+/m0/s1. The molecule has 0 bridgehead atoms. The van der Waals surface area contributed by atoms with Gasteiger partial charge in [-0.3, -0.25) is 23.5 Å². The molecule has 15 nitrogen and oxygen atoms in total. The number of carbonyl (C=O) groups is 2. The number of aromatic nitrogens is 2. The van der Waals surface area contributed by atoms with Crippen LogP contribution in [0.5, 0.6) is 5.75 Å². The van der Waals surface area contributed by atoms with Gasteiger partial charge in [-0.25, -0.2) is 4.79 Å². The number of nitrogens with zero attached hydrogens (tertiary/aromatic N) is 2. The van der Waals surface area contributed by atoms with Crippen LogP contribution in [0.25, 0.3) is 0 Å². The Labute approximate surface area is 320 Å². The van der Waals surface area contributed by atoms with Crippen molar-refractivity contribution in [2.24, 2.45) is 5.73 Å². The fourth-order valence-corrected chi connectivity index (χ4v) is 8.09. The number of carbonyl (C=O) groups excluding carboxylic acids is 1. The molecule has 1 aliphatic heterocycles. The maximum absolute atomic E-state index is 14.3. The number of carboxylic acids is 1. The van der Waals surface area contributed by atoms with Gasteiger partial charge < -0.3 is 44.9 Å². The van der Waals surface area contributed by atoms with Crippen molar-refractivity contribution in [2.75, 3.05) is 20.2 Å². The first kappa shape index (κ1) is 45.2. The summed E-state index contributed by atoms with van der Waals surface area (Å²) in [6, 6.07) is 6.08. The van der Waals surface area contributed by atoms with Crippen LogP contribution in [0.1, 0.15) is 66.7 Å². The predicted octanol–water partition coefficient (Wildman–Crippen LogP) is 3.00. The van der Waals surface area contributed by atoms with E-state index in [0.717, 1.165) is 4.57 Å². The highest BCUT2D eigenvalue weighted by atomic mass is 28.4. The molecule has 0 spiro atoms. The Morgan fingerprint density at radius 2 is 1.50 bits per heavy atom. The topological polar surface area (TPSA) is 206 Å². The first-order valence-corrected chi connectivity index (χ1v) is 24.3. The molecular weight excluding hydrogens is 731 g/mol. The van der Waals surface area contributed by atoms with Crippen molar-refractivity contribution in [2.45, 2.75) is 140 Å². The minimum absolute atomic E-state index is 0.0331. The summed E-state index contributed by atoms with van der Waals surface area (Å²) in [6.07, 6.45) is -4.44. The van der Waals surface area contributed by atoms with Crippen LogP contribution in [0.4, 0.5) is 0 Å². The molecule has 304 valence electrons. The number of aliphatic hydroxyl groups is 1. The molecule has 54 heavy (non-hydrogen) atoms. The van der Waals surface area contributed by atoms with Gasteiger partial charge in [0.15, 0.2) is 22.9 Å². The van der Waals surface area contributed by atoms with Gasteiger partial charge in [0, 0.05) is 18.8 Å². The Bertz CT molecular complexity index is 1700. The summed E-state index contributed by atoms with van der Waals surface area (Å²) in [5.41, 5.74) is 5.11. The Morgan fingerprint density at radius 1 is 0.944 bits per heavy atom. The third kappa shape index (κ3) is 10.8. The van der Waals surface area contributed by atoms with Gasteiger partial charge in [0.1, 0.15) is 36.2 Å². The molecule has 1 amide bonds. The quantitative estimate of drug-likeness (QED) is 0.116. The van der Waals surface area contributed by atoms with Gasteiger partial charge in [-0.05, 0) is 73.9 Å². The summed E-state index contributed by atoms with van der Waals surface area (Å²) in [4.78, 5) is 52.1. The van der Waals surface area contributed by atoms with E-state index < -0.39 is 76.6 Å². The molecule has 2 heterocycles. The van der Waals surface area contributed by atoms with E-state index in [4.69, 9.17) is 24.1 Å². The molecular formula is C37H63N5O10Si2. The van der Waals surface area contributed by atoms with Crippen LogP contribution >= 0.6 is 0 Å². The fourth-order valence-electron chi connectivity index (χ4n) is 5.50. The van der Waals surface area contributed by atoms with Crippen molar-refractivity contribution in [3.63, 3.8) is 0 Å². The molecule has 1 saturated heterocycles. The highest BCUT2D eigenvalue weighted by molar-refractivity contribution is 6.74. The first-order valence-electron chi connectivity index (χ1n) is 18.5. The van der Waals surface area contributed by atoms with Crippen LogP contribution in [0.3, 0.4) is 0 Å². The fraction of sp³-hybridized carbons (Fsp3) is 0.676. The van der Waals surface area contributed by atoms with E-state index in [1.807, 2.05) is 13.1 Å². The van der Waals surface area contributed by atoms with Crippen LogP contribution < -0.4 is 32.4 Å². The number of nitrogens with two attached hydrogens (primary N) is 1. The highest BCUT2D eigenvalue weighted by Crippen LogP contribution is 2.46. The van der Waals surface area contributed by atoms with Crippen LogP contribution in [-0.4, -0.2) is 105 Å². The van der Waals surface area contributed by atoms with E-state index in [-0.39, 0.29) is 35.6 Å². The smallest absolute Gasteiger partial charge is 0.333 e. The molecule has 1 aromatic carbocycles.